The van der Waals surface area contributed by atoms with Gasteiger partial charge in [0.05, 0.1) is 18.5 Å². The van der Waals surface area contributed by atoms with Crippen LogP contribution in [-0.2, 0) is 4.79 Å². The molecule has 0 spiro atoms. The van der Waals surface area contributed by atoms with E-state index in [4.69, 9.17) is 15.7 Å². The van der Waals surface area contributed by atoms with Crippen molar-refractivity contribution in [3.63, 3.8) is 0 Å². The summed E-state index contributed by atoms with van der Waals surface area (Å²) in [5.41, 5.74) is 7.38. The summed E-state index contributed by atoms with van der Waals surface area (Å²) in [4.78, 5) is 31.3. The number of fused-ring (bicyclic) bond motifs is 1. The molecule has 3 aromatic rings. The lowest BCUT2D eigenvalue weighted by Crippen LogP contribution is -2.40. The van der Waals surface area contributed by atoms with Crippen molar-refractivity contribution in [2.75, 3.05) is 50.5 Å². The molecule has 0 radical (unpaired) electrons. The first-order valence-electron chi connectivity index (χ1n) is 15.8. The molecule has 44 heavy (non-hydrogen) atoms. The second-order valence-electron chi connectivity index (χ2n) is 12.1. The number of halogens is 2. The summed E-state index contributed by atoms with van der Waals surface area (Å²) in [6, 6.07) is 3.83. The van der Waals surface area contributed by atoms with Gasteiger partial charge in [-0.3, -0.25) is 14.3 Å². The monoisotopic (exact) mass is 613 g/mol. The number of aliphatic hydroxyl groups excluding tert-OH is 1. The molecule has 1 aromatic carbocycles. The molecule has 5 N–H and O–H groups in total. The molecule has 2 heterocycles. The Hall–Kier alpha value is -3.42. The van der Waals surface area contributed by atoms with Crippen LogP contribution in [0, 0.1) is 17.6 Å². The number of nitrogens with two attached hydrogens (primary N) is 1. The lowest BCUT2D eigenvalue weighted by molar-refractivity contribution is -0.135. The fourth-order valence-electron chi connectivity index (χ4n) is 6.42. The number of imidazole rings is 1. The molecule has 5 rings (SSSR count). The van der Waals surface area contributed by atoms with E-state index in [9.17, 15) is 18.7 Å². The number of anilines is 3. The molecule has 2 saturated carbocycles. The number of likely N-dealkylation sites (N-methyl/N-ethyl adjacent to an activating group) is 2. The van der Waals surface area contributed by atoms with Gasteiger partial charge in [-0.2, -0.15) is 4.98 Å². The van der Waals surface area contributed by atoms with Crippen LogP contribution in [0.2, 0.25) is 0 Å². The van der Waals surface area contributed by atoms with Crippen LogP contribution >= 0.6 is 0 Å². The Morgan fingerprint density at radius 1 is 1.07 bits per heavy atom. The van der Waals surface area contributed by atoms with Gasteiger partial charge in [-0.15, -0.1) is 0 Å². The fourth-order valence-corrected chi connectivity index (χ4v) is 6.42. The van der Waals surface area contributed by atoms with E-state index in [1.54, 1.807) is 11.1 Å². The number of hydrogen-bond acceptors (Lipinski definition) is 9. The van der Waals surface area contributed by atoms with Crippen LogP contribution in [0.3, 0.4) is 0 Å². The zero-order valence-electron chi connectivity index (χ0n) is 25.7. The highest BCUT2D eigenvalue weighted by Crippen LogP contribution is 2.38. The summed E-state index contributed by atoms with van der Waals surface area (Å²) in [5, 5.41) is 15.8. The topological polar surface area (TPSA) is 137 Å². The molecular formula is C31H45F2N9O2. The van der Waals surface area contributed by atoms with Crippen LogP contribution in [0.15, 0.2) is 24.4 Å². The number of hydrogen-bond donors (Lipinski definition) is 4. The van der Waals surface area contributed by atoms with Crippen molar-refractivity contribution in [2.24, 2.45) is 11.7 Å². The van der Waals surface area contributed by atoms with E-state index in [0.29, 0.717) is 55.5 Å². The largest absolute Gasteiger partial charge is 0.395 e. The van der Waals surface area contributed by atoms with Crippen molar-refractivity contribution in [1.29, 1.82) is 0 Å². The van der Waals surface area contributed by atoms with Gasteiger partial charge in [0.1, 0.15) is 17.2 Å². The van der Waals surface area contributed by atoms with E-state index in [-0.39, 0.29) is 42.2 Å². The van der Waals surface area contributed by atoms with Crippen molar-refractivity contribution in [3.8, 4) is 0 Å². The molecule has 2 fully saturated rings. The van der Waals surface area contributed by atoms with Gasteiger partial charge in [-0.1, -0.05) is 6.92 Å². The molecule has 11 nitrogen and oxygen atoms in total. The normalized spacial score (nSPS) is 22.3. The fraction of sp³-hybridized carbons (Fsp3) is 0.613. The highest BCUT2D eigenvalue weighted by molar-refractivity contribution is 5.79. The van der Waals surface area contributed by atoms with Crippen LogP contribution in [0.1, 0.15) is 64.3 Å². The molecule has 0 unspecified atom stereocenters. The molecule has 2 aliphatic rings. The Labute approximate surface area is 257 Å². The first-order valence-corrected chi connectivity index (χ1v) is 15.8. The van der Waals surface area contributed by atoms with E-state index >= 15 is 0 Å². The van der Waals surface area contributed by atoms with Gasteiger partial charge in [0.2, 0.25) is 17.8 Å². The highest BCUT2D eigenvalue weighted by atomic mass is 19.1. The molecule has 13 heteroatoms. The number of nitrogens with zero attached hydrogens (tertiary/aromatic N) is 6. The SMILES string of the molecule is CCN(CCO)CCN(C)C(=O)[C@H]1CC[C@@H](n2c(Nc3ccc(F)cc3F)nc3cnc(N[C@H]4CC[C@H](N)CC4)nc32)CC1. The Morgan fingerprint density at radius 3 is 2.50 bits per heavy atom. The number of rotatable bonds is 12. The molecule has 0 saturated heterocycles. The lowest BCUT2D eigenvalue weighted by atomic mass is 9.85. The average Bonchev–Trinajstić information content (AvgIpc) is 3.38. The Kier molecular flexibility index (Phi) is 10.6. The van der Waals surface area contributed by atoms with Gasteiger partial charge in [0, 0.05) is 56.8 Å². The number of amides is 1. The molecule has 240 valence electrons. The number of carbonyl (C=O) groups is 1. The predicted octanol–water partition coefficient (Wildman–Crippen LogP) is 4.03. The number of carbonyl (C=O) groups excluding carboxylic acids is 1. The molecular weight excluding hydrogens is 568 g/mol. The van der Waals surface area contributed by atoms with Gasteiger partial charge in [-0.05, 0) is 70.0 Å². The Balaban J connectivity index is 1.34. The maximum absolute atomic E-state index is 14.7. The molecule has 2 aliphatic carbocycles. The van der Waals surface area contributed by atoms with E-state index in [0.717, 1.165) is 51.1 Å². The van der Waals surface area contributed by atoms with Crippen molar-refractivity contribution >= 4 is 34.7 Å². The van der Waals surface area contributed by atoms with Crippen molar-refractivity contribution < 1.29 is 18.7 Å². The zero-order valence-corrected chi connectivity index (χ0v) is 25.7. The van der Waals surface area contributed by atoms with Crippen LogP contribution in [0.4, 0.5) is 26.4 Å². The van der Waals surface area contributed by atoms with Gasteiger partial charge < -0.3 is 26.4 Å². The number of aliphatic hydroxyl groups is 1. The second kappa shape index (κ2) is 14.6. The van der Waals surface area contributed by atoms with Crippen molar-refractivity contribution in [2.45, 2.75) is 76.4 Å². The van der Waals surface area contributed by atoms with Crippen molar-refractivity contribution in [3.05, 3.63) is 36.0 Å². The standard InChI is InChI=1S/C31H45F2N9O2/c1-3-41(16-17-43)15-14-40(2)29(44)20-4-11-24(12-5-20)42-28-27(38-31(42)37-26-13-6-21(32)18-25(26)33)19-35-30(39-28)36-23-9-7-22(34)8-10-23/h6,13,18-20,22-24,43H,3-5,7-12,14-17,34H2,1-2H3,(H,37,38)(H,35,36,39)/t20-,22-,23-,24+. The van der Waals surface area contributed by atoms with E-state index < -0.39 is 11.6 Å². The van der Waals surface area contributed by atoms with Crippen LogP contribution in [0.25, 0.3) is 11.2 Å². The third-order valence-electron chi connectivity index (χ3n) is 9.12. The first-order chi connectivity index (χ1) is 21.2. The average molecular weight is 614 g/mol. The van der Waals surface area contributed by atoms with Gasteiger partial charge in [0.15, 0.2) is 5.65 Å². The first kappa shape index (κ1) is 32.0. The molecule has 2 aromatic heterocycles. The minimum absolute atomic E-state index is 0.0315. The summed E-state index contributed by atoms with van der Waals surface area (Å²) in [5.74, 6) is -0.426. The third-order valence-corrected chi connectivity index (χ3v) is 9.12. The van der Waals surface area contributed by atoms with E-state index in [2.05, 4.69) is 20.5 Å². The van der Waals surface area contributed by atoms with E-state index in [1.165, 1.54) is 12.1 Å². The lowest BCUT2D eigenvalue weighted by Gasteiger charge is -2.32. The molecule has 0 aliphatic heterocycles. The predicted molar refractivity (Wildman–Crippen MR) is 167 cm³/mol. The van der Waals surface area contributed by atoms with Gasteiger partial charge >= 0.3 is 0 Å². The maximum atomic E-state index is 14.7. The van der Waals surface area contributed by atoms with E-state index in [1.807, 2.05) is 18.5 Å². The van der Waals surface area contributed by atoms with Crippen LogP contribution < -0.4 is 16.4 Å². The second-order valence-corrected chi connectivity index (χ2v) is 12.1. The molecule has 0 bridgehead atoms. The molecule has 0 atom stereocenters. The number of benzene rings is 1. The van der Waals surface area contributed by atoms with Gasteiger partial charge in [0.25, 0.3) is 0 Å². The van der Waals surface area contributed by atoms with Crippen LogP contribution in [-0.4, -0.2) is 92.2 Å². The summed E-state index contributed by atoms with van der Waals surface area (Å²) in [7, 11) is 1.84. The zero-order chi connectivity index (χ0) is 31.2. The quantitative estimate of drug-likeness (QED) is 0.239. The maximum Gasteiger partial charge on any atom is 0.225 e. The summed E-state index contributed by atoms with van der Waals surface area (Å²) < 4.78 is 30.3. The van der Waals surface area contributed by atoms with Crippen molar-refractivity contribution in [1.82, 2.24) is 29.3 Å². The number of nitrogens with one attached hydrogen (secondary N) is 2. The summed E-state index contributed by atoms with van der Waals surface area (Å²) in [6.45, 7) is 4.88. The third kappa shape index (κ3) is 7.62. The Morgan fingerprint density at radius 2 is 1.82 bits per heavy atom. The molecule has 1 amide bonds. The summed E-state index contributed by atoms with van der Waals surface area (Å²) in [6.07, 6.45) is 8.30. The Bertz CT molecular complexity index is 1400. The minimum atomic E-state index is -0.717. The van der Waals surface area contributed by atoms with Crippen LogP contribution in [0.5, 0.6) is 0 Å². The highest BCUT2D eigenvalue weighted by Gasteiger charge is 2.32. The smallest absolute Gasteiger partial charge is 0.225 e. The summed E-state index contributed by atoms with van der Waals surface area (Å²) >= 11 is 0. The van der Waals surface area contributed by atoms with Gasteiger partial charge in [-0.25, -0.2) is 18.7 Å². The number of aromatic nitrogens is 4. The minimum Gasteiger partial charge on any atom is -0.395 e.